The van der Waals surface area contributed by atoms with Gasteiger partial charge in [0.25, 0.3) is 0 Å². The molecule has 4 nitrogen and oxygen atoms in total. The zero-order valence-electron chi connectivity index (χ0n) is 29.9. The van der Waals surface area contributed by atoms with Crippen LogP contribution in [0.4, 0.5) is 0 Å². The maximum absolute atomic E-state index is 13.4. The van der Waals surface area contributed by atoms with Gasteiger partial charge in [-0.3, -0.25) is 9.59 Å². The number of carbonyl (C=O) groups is 2. The highest BCUT2D eigenvalue weighted by Gasteiger charge is 2.45. The third-order valence-electron chi connectivity index (χ3n) is 10.7. The zero-order valence-corrected chi connectivity index (χ0v) is 29.9. The van der Waals surface area contributed by atoms with E-state index in [1.807, 2.05) is 9.80 Å². The predicted octanol–water partition coefficient (Wildman–Crippen LogP) is 11.6. The Hall–Kier alpha value is -1.06. The van der Waals surface area contributed by atoms with Crippen molar-refractivity contribution in [1.82, 2.24) is 9.80 Å². The van der Waals surface area contributed by atoms with Crippen molar-refractivity contribution >= 4 is 11.8 Å². The van der Waals surface area contributed by atoms with Crippen LogP contribution in [0.3, 0.4) is 0 Å². The highest BCUT2D eigenvalue weighted by molar-refractivity contribution is 6.01. The van der Waals surface area contributed by atoms with Crippen molar-refractivity contribution in [1.29, 1.82) is 0 Å². The Morgan fingerprint density at radius 1 is 0.409 bits per heavy atom. The van der Waals surface area contributed by atoms with Crippen molar-refractivity contribution in [3.05, 3.63) is 0 Å². The lowest BCUT2D eigenvalue weighted by molar-refractivity contribution is -0.157. The van der Waals surface area contributed by atoms with Crippen molar-refractivity contribution < 1.29 is 9.59 Å². The van der Waals surface area contributed by atoms with Gasteiger partial charge in [-0.05, 0) is 31.6 Å². The Morgan fingerprint density at radius 2 is 0.659 bits per heavy atom. The van der Waals surface area contributed by atoms with Crippen LogP contribution in [0.15, 0.2) is 0 Å². The van der Waals surface area contributed by atoms with Gasteiger partial charge in [0.05, 0.1) is 0 Å². The number of hydrogen-bond donors (Lipinski definition) is 0. The van der Waals surface area contributed by atoms with Crippen molar-refractivity contribution in [3.63, 3.8) is 0 Å². The average molecular weight is 617 g/mol. The number of nitrogens with zero attached hydrogens (tertiary/aromatic N) is 2. The second kappa shape index (κ2) is 27.1. The number of likely N-dealkylation sites (tertiary alicyclic amines) is 2. The summed E-state index contributed by atoms with van der Waals surface area (Å²) in [5, 5.41) is 0. The molecule has 2 rings (SSSR count). The van der Waals surface area contributed by atoms with Crippen LogP contribution in [0.1, 0.15) is 206 Å². The van der Waals surface area contributed by atoms with Gasteiger partial charge in [-0.2, -0.15) is 0 Å². The Bertz CT molecular complexity index is 639. The number of hydrogen-bond acceptors (Lipinski definition) is 2. The van der Waals surface area contributed by atoms with E-state index in [-0.39, 0.29) is 23.7 Å². The molecule has 44 heavy (non-hydrogen) atoms. The number of unbranched alkanes of at least 4 members (excludes halogenated alkanes) is 26. The van der Waals surface area contributed by atoms with Crippen molar-refractivity contribution in [3.8, 4) is 0 Å². The van der Waals surface area contributed by atoms with E-state index in [1.54, 1.807) is 0 Å². The van der Waals surface area contributed by atoms with E-state index in [0.29, 0.717) is 0 Å². The summed E-state index contributed by atoms with van der Waals surface area (Å²) in [6, 6.07) is 0. The van der Waals surface area contributed by atoms with E-state index in [1.165, 1.54) is 167 Å². The molecule has 258 valence electrons. The van der Waals surface area contributed by atoms with Crippen molar-refractivity contribution in [2.45, 2.75) is 206 Å². The fraction of sp³-hybridized carbons (Fsp3) is 0.950. The summed E-state index contributed by atoms with van der Waals surface area (Å²) in [5.41, 5.74) is 0. The average Bonchev–Trinajstić information content (AvgIpc) is 3.03. The number of rotatable bonds is 30. The normalized spacial score (nSPS) is 18.8. The highest BCUT2D eigenvalue weighted by Crippen LogP contribution is 2.33. The predicted molar refractivity (Wildman–Crippen MR) is 190 cm³/mol. The van der Waals surface area contributed by atoms with E-state index in [0.717, 1.165) is 51.9 Å². The number of amides is 2. The lowest BCUT2D eigenvalue weighted by Gasteiger charge is -2.43. The molecule has 0 spiro atoms. The van der Waals surface area contributed by atoms with Crippen LogP contribution in [0.2, 0.25) is 0 Å². The van der Waals surface area contributed by atoms with Gasteiger partial charge in [0.15, 0.2) is 0 Å². The molecule has 2 aliphatic rings. The van der Waals surface area contributed by atoms with Crippen LogP contribution in [0.5, 0.6) is 0 Å². The molecule has 2 fully saturated rings. The van der Waals surface area contributed by atoms with E-state index in [4.69, 9.17) is 0 Å². The molecule has 0 N–H and O–H groups in total. The molecule has 0 atom stereocenters. The fourth-order valence-electron chi connectivity index (χ4n) is 7.68. The molecular weight excluding hydrogens is 540 g/mol. The number of fused-ring (bicyclic) bond motifs is 1. The number of carbonyl (C=O) groups excluding carboxylic acids is 2. The van der Waals surface area contributed by atoms with E-state index in [9.17, 15) is 9.59 Å². The molecule has 0 unspecified atom stereocenters. The summed E-state index contributed by atoms with van der Waals surface area (Å²) in [5.74, 6) is 0.198. The van der Waals surface area contributed by atoms with Crippen molar-refractivity contribution in [2.75, 3.05) is 26.2 Å². The first kappa shape index (κ1) is 39.1. The molecule has 0 aliphatic carbocycles. The van der Waals surface area contributed by atoms with Crippen LogP contribution >= 0.6 is 0 Å². The van der Waals surface area contributed by atoms with Gasteiger partial charge in [0.2, 0.25) is 11.8 Å². The minimum Gasteiger partial charge on any atom is -0.342 e. The van der Waals surface area contributed by atoms with Gasteiger partial charge in [-0.1, -0.05) is 181 Å². The first-order valence-corrected chi connectivity index (χ1v) is 20.3. The van der Waals surface area contributed by atoms with Gasteiger partial charge >= 0.3 is 0 Å². The smallest absolute Gasteiger partial charge is 0.235 e. The Labute approximate surface area is 275 Å². The fourth-order valence-corrected chi connectivity index (χ4v) is 7.68. The summed E-state index contributed by atoms with van der Waals surface area (Å²) >= 11 is 0. The molecule has 2 amide bonds. The molecule has 2 heterocycles. The van der Waals surface area contributed by atoms with Crippen LogP contribution in [0.25, 0.3) is 0 Å². The van der Waals surface area contributed by atoms with E-state index in [2.05, 4.69) is 13.8 Å². The summed E-state index contributed by atoms with van der Waals surface area (Å²) < 4.78 is 0. The molecule has 4 heteroatoms. The third-order valence-corrected chi connectivity index (χ3v) is 10.7. The first-order chi connectivity index (χ1) is 21.7. The zero-order chi connectivity index (χ0) is 31.5. The maximum atomic E-state index is 13.4. The van der Waals surface area contributed by atoms with Crippen LogP contribution in [0, 0.1) is 11.8 Å². The molecule has 0 saturated carbocycles. The largest absolute Gasteiger partial charge is 0.342 e. The van der Waals surface area contributed by atoms with Gasteiger partial charge in [-0.15, -0.1) is 0 Å². The Morgan fingerprint density at radius 3 is 0.932 bits per heavy atom. The van der Waals surface area contributed by atoms with Crippen LogP contribution in [-0.2, 0) is 9.59 Å². The molecule has 0 aromatic carbocycles. The quantitative estimate of drug-likeness (QED) is 0.0595. The molecule has 0 bridgehead atoms. The topological polar surface area (TPSA) is 40.6 Å². The monoisotopic (exact) mass is 617 g/mol. The molecule has 0 radical (unpaired) electrons. The highest BCUT2D eigenvalue weighted by atomic mass is 16.2. The van der Waals surface area contributed by atoms with E-state index < -0.39 is 0 Å². The first-order valence-electron chi connectivity index (χ1n) is 20.3. The molecule has 2 saturated heterocycles. The minimum atomic E-state index is -0.379. The van der Waals surface area contributed by atoms with Gasteiger partial charge in [0.1, 0.15) is 5.92 Å². The lowest BCUT2D eigenvalue weighted by atomic mass is 9.78. The van der Waals surface area contributed by atoms with Gasteiger partial charge in [0, 0.05) is 26.2 Å². The maximum Gasteiger partial charge on any atom is 0.235 e. The number of piperidine rings is 2. The summed E-state index contributed by atoms with van der Waals surface area (Å²) in [6.07, 6.45) is 40.0. The molecule has 0 aromatic rings. The van der Waals surface area contributed by atoms with E-state index >= 15 is 0 Å². The molecule has 2 aliphatic heterocycles. The van der Waals surface area contributed by atoms with Gasteiger partial charge < -0.3 is 9.80 Å². The summed E-state index contributed by atoms with van der Waals surface area (Å²) in [6.45, 7) is 8.01. The Kier molecular flexibility index (Phi) is 24.1. The SMILES string of the molecule is CCCCCCCCCCCCCCCCN1CCC2CCN(CCCCCCCCCCCCCCCC)C(=O)C2C1=O. The molecule has 0 aromatic heterocycles. The summed E-state index contributed by atoms with van der Waals surface area (Å²) in [7, 11) is 0. The standard InChI is InChI=1S/C40H76N2O2/c1-3-5-7-9-11-13-15-17-19-21-23-25-27-29-33-41-35-31-37-32-36-42(40(44)38(37)39(41)43)34-30-28-26-24-22-20-18-16-14-12-10-8-6-4-2/h37-38H,3-36H2,1-2H3. The third kappa shape index (κ3) is 17.6. The van der Waals surface area contributed by atoms with Gasteiger partial charge in [-0.25, -0.2) is 0 Å². The second-order valence-electron chi connectivity index (χ2n) is 14.7. The minimum absolute atomic E-state index is 0.145. The Balaban J connectivity index is 1.46. The summed E-state index contributed by atoms with van der Waals surface area (Å²) in [4.78, 5) is 30.8. The second-order valence-corrected chi connectivity index (χ2v) is 14.7. The van der Waals surface area contributed by atoms with Crippen molar-refractivity contribution in [2.24, 2.45) is 11.8 Å². The molecular formula is C40H76N2O2. The van der Waals surface area contributed by atoms with Crippen LogP contribution < -0.4 is 0 Å². The lowest BCUT2D eigenvalue weighted by Crippen LogP contribution is -2.56. The van der Waals surface area contributed by atoms with Crippen LogP contribution in [-0.4, -0.2) is 47.8 Å².